The zero-order valence-corrected chi connectivity index (χ0v) is 19.6. The first-order chi connectivity index (χ1) is 17.1. The van der Waals surface area contributed by atoms with Gasteiger partial charge in [0.05, 0.1) is 13.7 Å². The van der Waals surface area contributed by atoms with E-state index in [-0.39, 0.29) is 11.7 Å². The summed E-state index contributed by atoms with van der Waals surface area (Å²) in [7, 11) is 1.58. The fraction of sp³-hybridized carbons (Fsp3) is 0.172. The molecule has 178 valence electrons. The van der Waals surface area contributed by atoms with E-state index in [0.717, 1.165) is 22.4 Å². The number of ether oxygens (including phenoxy) is 2. The van der Waals surface area contributed by atoms with Crippen LogP contribution in [0.5, 0.6) is 11.5 Å². The van der Waals surface area contributed by atoms with Crippen LogP contribution in [0, 0.1) is 5.82 Å². The van der Waals surface area contributed by atoms with E-state index in [9.17, 15) is 9.18 Å². The maximum Gasteiger partial charge on any atom is 0.254 e. The van der Waals surface area contributed by atoms with Crippen LogP contribution in [0.4, 0.5) is 4.39 Å². The molecular formula is C29H27FN2O3. The SMILES string of the molecule is COc1cccc(C(=O)N(Cc2ccncc2)Cc2cccc(OCCc3ccc(F)cc3)c2)c1. The minimum atomic E-state index is -0.248. The number of rotatable bonds is 10. The highest BCUT2D eigenvalue weighted by Gasteiger charge is 2.18. The fourth-order valence-corrected chi connectivity index (χ4v) is 3.74. The zero-order valence-electron chi connectivity index (χ0n) is 19.6. The fourth-order valence-electron chi connectivity index (χ4n) is 3.74. The molecule has 3 aromatic carbocycles. The molecule has 0 saturated heterocycles. The Kier molecular flexibility index (Phi) is 8.07. The van der Waals surface area contributed by atoms with Crippen molar-refractivity contribution in [1.82, 2.24) is 9.88 Å². The summed E-state index contributed by atoms with van der Waals surface area (Å²) >= 11 is 0. The second kappa shape index (κ2) is 11.8. The standard InChI is InChI=1S/C29H27FN2O3/c1-34-27-6-3-5-25(19-27)29(33)32(20-23-12-15-31-16-13-23)21-24-4-2-7-28(18-24)35-17-14-22-8-10-26(30)11-9-22/h2-13,15-16,18-19H,14,17,20-21H2,1H3. The number of methoxy groups -OCH3 is 1. The topological polar surface area (TPSA) is 51.7 Å². The number of carbonyl (C=O) groups is 1. The van der Waals surface area contributed by atoms with Crippen LogP contribution in [-0.4, -0.2) is 29.5 Å². The molecule has 4 aromatic rings. The lowest BCUT2D eigenvalue weighted by atomic mass is 10.1. The number of amides is 1. The third-order valence-corrected chi connectivity index (χ3v) is 5.57. The first kappa shape index (κ1) is 24.0. The average Bonchev–Trinajstić information content (AvgIpc) is 2.90. The first-order valence-electron chi connectivity index (χ1n) is 11.4. The summed E-state index contributed by atoms with van der Waals surface area (Å²) in [5.41, 5.74) is 3.51. The van der Waals surface area contributed by atoms with Gasteiger partial charge in [-0.25, -0.2) is 4.39 Å². The third kappa shape index (κ3) is 6.90. The Hall–Kier alpha value is -4.19. The minimum absolute atomic E-state index is 0.0941. The number of nitrogens with zero attached hydrogens (tertiary/aromatic N) is 2. The summed E-state index contributed by atoms with van der Waals surface area (Å²) in [6.07, 6.45) is 4.12. The van der Waals surface area contributed by atoms with Gasteiger partial charge >= 0.3 is 0 Å². The Bertz CT molecular complexity index is 1250. The Morgan fingerprint density at radius 3 is 2.31 bits per heavy atom. The zero-order chi connectivity index (χ0) is 24.5. The van der Waals surface area contributed by atoms with Crippen molar-refractivity contribution in [3.05, 3.63) is 125 Å². The molecule has 0 N–H and O–H groups in total. The van der Waals surface area contributed by atoms with Gasteiger partial charge in [0.25, 0.3) is 5.91 Å². The molecule has 6 heteroatoms. The van der Waals surface area contributed by atoms with Crippen molar-refractivity contribution in [3.8, 4) is 11.5 Å². The Balaban J connectivity index is 1.47. The largest absolute Gasteiger partial charge is 0.497 e. The summed E-state index contributed by atoms with van der Waals surface area (Å²) in [5, 5.41) is 0. The van der Waals surface area contributed by atoms with Crippen LogP contribution in [0.25, 0.3) is 0 Å². The van der Waals surface area contributed by atoms with E-state index in [0.29, 0.717) is 37.4 Å². The van der Waals surface area contributed by atoms with Gasteiger partial charge in [0.1, 0.15) is 17.3 Å². The maximum absolute atomic E-state index is 13.5. The number of aromatic nitrogens is 1. The Morgan fingerprint density at radius 2 is 1.54 bits per heavy atom. The van der Waals surface area contributed by atoms with Crippen molar-refractivity contribution < 1.29 is 18.7 Å². The number of pyridine rings is 1. The van der Waals surface area contributed by atoms with E-state index in [4.69, 9.17) is 9.47 Å². The van der Waals surface area contributed by atoms with E-state index < -0.39 is 0 Å². The van der Waals surface area contributed by atoms with Crippen molar-refractivity contribution >= 4 is 5.91 Å². The van der Waals surface area contributed by atoms with Crippen LogP contribution >= 0.6 is 0 Å². The second-order valence-electron chi connectivity index (χ2n) is 8.12. The molecule has 1 amide bonds. The van der Waals surface area contributed by atoms with Gasteiger partial charge in [-0.05, 0) is 71.3 Å². The van der Waals surface area contributed by atoms with Gasteiger partial charge in [-0.3, -0.25) is 9.78 Å². The summed E-state index contributed by atoms with van der Waals surface area (Å²) in [6.45, 7) is 1.32. The number of hydrogen-bond acceptors (Lipinski definition) is 4. The molecule has 35 heavy (non-hydrogen) atoms. The molecule has 0 radical (unpaired) electrons. The highest BCUT2D eigenvalue weighted by molar-refractivity contribution is 5.94. The second-order valence-corrected chi connectivity index (χ2v) is 8.12. The molecule has 0 aliphatic rings. The predicted molar refractivity (Wildman–Crippen MR) is 133 cm³/mol. The summed E-state index contributed by atoms with van der Waals surface area (Å²) in [5.74, 6) is 1.02. The van der Waals surface area contributed by atoms with Crippen molar-refractivity contribution in [2.75, 3.05) is 13.7 Å². The third-order valence-electron chi connectivity index (χ3n) is 5.57. The quantitative estimate of drug-likeness (QED) is 0.299. The molecule has 0 unspecified atom stereocenters. The van der Waals surface area contributed by atoms with Gasteiger partial charge in [-0.1, -0.05) is 30.3 Å². The molecule has 0 saturated carbocycles. The van der Waals surface area contributed by atoms with Gasteiger partial charge in [-0.15, -0.1) is 0 Å². The normalized spacial score (nSPS) is 10.6. The van der Waals surface area contributed by atoms with Crippen molar-refractivity contribution in [3.63, 3.8) is 0 Å². The molecule has 0 aliphatic heterocycles. The van der Waals surface area contributed by atoms with Crippen molar-refractivity contribution in [2.24, 2.45) is 0 Å². The molecular weight excluding hydrogens is 443 g/mol. The molecule has 1 heterocycles. The van der Waals surface area contributed by atoms with E-state index in [1.165, 1.54) is 12.1 Å². The average molecular weight is 471 g/mol. The van der Waals surface area contributed by atoms with Crippen LogP contribution in [0.3, 0.4) is 0 Å². The molecule has 0 atom stereocenters. The summed E-state index contributed by atoms with van der Waals surface area (Å²) < 4.78 is 24.3. The van der Waals surface area contributed by atoms with E-state index in [1.807, 2.05) is 48.5 Å². The molecule has 5 nitrogen and oxygen atoms in total. The summed E-state index contributed by atoms with van der Waals surface area (Å²) in [6, 6.07) is 25.1. The Labute approximate surface area is 204 Å². The van der Waals surface area contributed by atoms with E-state index >= 15 is 0 Å². The lowest BCUT2D eigenvalue weighted by Gasteiger charge is -2.23. The predicted octanol–water partition coefficient (Wildman–Crippen LogP) is 5.69. The van der Waals surface area contributed by atoms with Gasteiger partial charge in [0.2, 0.25) is 0 Å². The van der Waals surface area contributed by atoms with Crippen LogP contribution in [-0.2, 0) is 19.5 Å². The maximum atomic E-state index is 13.5. The van der Waals surface area contributed by atoms with E-state index in [1.54, 1.807) is 48.7 Å². The highest BCUT2D eigenvalue weighted by atomic mass is 19.1. The molecule has 0 fully saturated rings. The molecule has 0 aliphatic carbocycles. The van der Waals surface area contributed by atoms with Crippen molar-refractivity contribution in [2.45, 2.75) is 19.5 Å². The monoisotopic (exact) mass is 470 g/mol. The summed E-state index contributed by atoms with van der Waals surface area (Å²) in [4.78, 5) is 19.3. The first-order valence-corrected chi connectivity index (χ1v) is 11.4. The Morgan fingerprint density at radius 1 is 0.829 bits per heavy atom. The minimum Gasteiger partial charge on any atom is -0.497 e. The van der Waals surface area contributed by atoms with Gasteiger partial charge in [0.15, 0.2) is 0 Å². The molecule has 0 spiro atoms. The molecule has 4 rings (SSSR count). The van der Waals surface area contributed by atoms with Crippen LogP contribution < -0.4 is 9.47 Å². The number of hydrogen-bond donors (Lipinski definition) is 0. The molecule has 1 aromatic heterocycles. The highest BCUT2D eigenvalue weighted by Crippen LogP contribution is 2.20. The van der Waals surface area contributed by atoms with Crippen molar-refractivity contribution in [1.29, 1.82) is 0 Å². The smallest absolute Gasteiger partial charge is 0.254 e. The van der Waals surface area contributed by atoms with Crippen LogP contribution in [0.15, 0.2) is 97.3 Å². The number of benzene rings is 3. The lowest BCUT2D eigenvalue weighted by Crippen LogP contribution is -2.30. The van der Waals surface area contributed by atoms with Gasteiger partial charge < -0.3 is 14.4 Å². The van der Waals surface area contributed by atoms with E-state index in [2.05, 4.69) is 4.98 Å². The van der Waals surface area contributed by atoms with Gasteiger partial charge in [0, 0.05) is 37.5 Å². The number of halogens is 1. The number of carbonyl (C=O) groups excluding carboxylic acids is 1. The van der Waals surface area contributed by atoms with Crippen LogP contribution in [0.2, 0.25) is 0 Å². The molecule has 0 bridgehead atoms. The van der Waals surface area contributed by atoms with Crippen LogP contribution in [0.1, 0.15) is 27.0 Å². The van der Waals surface area contributed by atoms with Gasteiger partial charge in [-0.2, -0.15) is 0 Å². The lowest BCUT2D eigenvalue weighted by molar-refractivity contribution is 0.0729.